The molecule has 0 aliphatic carbocycles. The highest BCUT2D eigenvalue weighted by molar-refractivity contribution is 5.46. The van der Waals surface area contributed by atoms with Gasteiger partial charge in [-0.3, -0.25) is 0 Å². The van der Waals surface area contributed by atoms with Gasteiger partial charge in [-0.05, 0) is 38.0 Å². The average Bonchev–Trinajstić information content (AvgIpc) is 2.58. The van der Waals surface area contributed by atoms with Gasteiger partial charge in [0, 0.05) is 7.05 Å². The van der Waals surface area contributed by atoms with Crippen LogP contribution in [0.25, 0.3) is 0 Å². The molecule has 0 aliphatic heterocycles. The summed E-state index contributed by atoms with van der Waals surface area (Å²) in [5, 5.41) is 13.3. The van der Waals surface area contributed by atoms with Crippen molar-refractivity contribution in [2.24, 2.45) is 7.05 Å². The van der Waals surface area contributed by atoms with Crippen molar-refractivity contribution in [2.75, 3.05) is 0 Å². The lowest BCUT2D eigenvalue weighted by Gasteiger charge is -2.09. The first-order valence-corrected chi connectivity index (χ1v) is 5.71. The standard InChI is InChI=1S/C14H15N3O/c1-9-5-6-10(2)13(7-9)18-14-12(8-15)11(3)16-17(14)4/h5-7H,1-4H3. The zero-order valence-electron chi connectivity index (χ0n) is 11.0. The molecule has 0 unspecified atom stereocenters. The normalized spacial score (nSPS) is 10.2. The summed E-state index contributed by atoms with van der Waals surface area (Å²) in [7, 11) is 1.77. The second-order valence-corrected chi connectivity index (χ2v) is 4.37. The van der Waals surface area contributed by atoms with Gasteiger partial charge in [-0.1, -0.05) is 12.1 Å². The fourth-order valence-electron chi connectivity index (χ4n) is 1.80. The first kappa shape index (κ1) is 12.2. The summed E-state index contributed by atoms with van der Waals surface area (Å²) < 4.78 is 7.43. The number of hydrogen-bond acceptors (Lipinski definition) is 3. The van der Waals surface area contributed by atoms with E-state index in [1.165, 1.54) is 0 Å². The Morgan fingerprint density at radius 1 is 1.28 bits per heavy atom. The Morgan fingerprint density at radius 2 is 2.00 bits per heavy atom. The van der Waals surface area contributed by atoms with Crippen molar-refractivity contribution in [3.05, 3.63) is 40.6 Å². The number of aromatic nitrogens is 2. The number of aryl methyl sites for hydroxylation is 4. The number of nitriles is 1. The molecule has 0 saturated heterocycles. The van der Waals surface area contributed by atoms with E-state index in [1.807, 2.05) is 32.0 Å². The monoisotopic (exact) mass is 241 g/mol. The highest BCUT2D eigenvalue weighted by Crippen LogP contribution is 2.29. The third-order valence-corrected chi connectivity index (χ3v) is 2.83. The molecular weight excluding hydrogens is 226 g/mol. The van der Waals surface area contributed by atoms with Crippen molar-refractivity contribution in [2.45, 2.75) is 20.8 Å². The van der Waals surface area contributed by atoms with E-state index in [1.54, 1.807) is 18.7 Å². The zero-order valence-corrected chi connectivity index (χ0v) is 11.0. The molecule has 0 atom stereocenters. The Bertz CT molecular complexity index is 635. The van der Waals surface area contributed by atoms with Crippen molar-refractivity contribution in [3.8, 4) is 17.7 Å². The van der Waals surface area contributed by atoms with E-state index >= 15 is 0 Å². The van der Waals surface area contributed by atoms with Crippen LogP contribution in [-0.4, -0.2) is 9.78 Å². The van der Waals surface area contributed by atoms with Crippen molar-refractivity contribution >= 4 is 0 Å². The van der Waals surface area contributed by atoms with Gasteiger partial charge in [-0.15, -0.1) is 0 Å². The lowest BCUT2D eigenvalue weighted by Crippen LogP contribution is -1.97. The summed E-state index contributed by atoms with van der Waals surface area (Å²) >= 11 is 0. The van der Waals surface area contributed by atoms with Gasteiger partial charge >= 0.3 is 0 Å². The van der Waals surface area contributed by atoms with Crippen LogP contribution in [0.15, 0.2) is 18.2 Å². The molecule has 0 fully saturated rings. The molecule has 2 rings (SSSR count). The highest BCUT2D eigenvalue weighted by atomic mass is 16.5. The first-order valence-electron chi connectivity index (χ1n) is 5.71. The third-order valence-electron chi connectivity index (χ3n) is 2.83. The SMILES string of the molecule is Cc1ccc(C)c(Oc2c(C#N)c(C)nn2C)c1. The molecule has 0 N–H and O–H groups in total. The van der Waals surface area contributed by atoms with E-state index < -0.39 is 0 Å². The summed E-state index contributed by atoms with van der Waals surface area (Å²) in [6.07, 6.45) is 0. The molecule has 92 valence electrons. The minimum atomic E-state index is 0.485. The molecule has 4 nitrogen and oxygen atoms in total. The minimum Gasteiger partial charge on any atom is -0.438 e. The van der Waals surface area contributed by atoms with Crippen molar-refractivity contribution in [3.63, 3.8) is 0 Å². The van der Waals surface area contributed by atoms with Gasteiger partial charge in [-0.2, -0.15) is 10.4 Å². The summed E-state index contributed by atoms with van der Waals surface area (Å²) in [6, 6.07) is 8.12. The Labute approximate surface area is 106 Å². The molecule has 4 heteroatoms. The van der Waals surface area contributed by atoms with E-state index in [-0.39, 0.29) is 0 Å². The topological polar surface area (TPSA) is 50.8 Å². The average molecular weight is 241 g/mol. The first-order chi connectivity index (χ1) is 8.52. The van der Waals surface area contributed by atoms with Gasteiger partial charge in [-0.25, -0.2) is 4.68 Å². The van der Waals surface area contributed by atoms with E-state index in [4.69, 9.17) is 10.00 Å². The number of nitrogens with zero attached hydrogens (tertiary/aromatic N) is 3. The van der Waals surface area contributed by atoms with Crippen LogP contribution in [0.4, 0.5) is 0 Å². The summed E-state index contributed by atoms with van der Waals surface area (Å²) in [5.74, 6) is 1.25. The molecule has 1 aromatic heterocycles. The maximum atomic E-state index is 9.13. The lowest BCUT2D eigenvalue weighted by molar-refractivity contribution is 0.426. The Kier molecular flexibility index (Phi) is 3.07. The molecule has 0 radical (unpaired) electrons. The Morgan fingerprint density at radius 3 is 2.67 bits per heavy atom. The number of ether oxygens (including phenoxy) is 1. The van der Waals surface area contributed by atoms with Crippen LogP contribution < -0.4 is 4.74 Å². The molecule has 1 aromatic carbocycles. The van der Waals surface area contributed by atoms with E-state index in [2.05, 4.69) is 11.2 Å². The molecular formula is C14H15N3O. The van der Waals surface area contributed by atoms with Crippen LogP contribution in [0.1, 0.15) is 22.4 Å². The molecule has 0 spiro atoms. The smallest absolute Gasteiger partial charge is 0.235 e. The number of rotatable bonds is 2. The van der Waals surface area contributed by atoms with Crippen LogP contribution in [0.3, 0.4) is 0 Å². The van der Waals surface area contributed by atoms with Gasteiger partial charge < -0.3 is 4.74 Å². The highest BCUT2D eigenvalue weighted by Gasteiger charge is 2.15. The maximum Gasteiger partial charge on any atom is 0.235 e. The Balaban J connectivity index is 2.46. The van der Waals surface area contributed by atoms with Gasteiger partial charge in [0.05, 0.1) is 5.69 Å². The summed E-state index contributed by atoms with van der Waals surface area (Å²) in [6.45, 7) is 5.78. The molecule has 0 bridgehead atoms. The molecule has 0 aliphatic rings. The quantitative estimate of drug-likeness (QED) is 0.812. The maximum absolute atomic E-state index is 9.13. The summed E-state index contributed by atoms with van der Waals surface area (Å²) in [4.78, 5) is 0. The van der Waals surface area contributed by atoms with Gasteiger partial charge in [0.25, 0.3) is 0 Å². The Hall–Kier alpha value is -2.28. The lowest BCUT2D eigenvalue weighted by atomic mass is 10.1. The largest absolute Gasteiger partial charge is 0.438 e. The van der Waals surface area contributed by atoms with Crippen molar-refractivity contribution in [1.29, 1.82) is 5.26 Å². The molecule has 0 amide bonds. The molecule has 18 heavy (non-hydrogen) atoms. The van der Waals surface area contributed by atoms with Crippen LogP contribution in [-0.2, 0) is 7.05 Å². The predicted octanol–water partition coefficient (Wildman–Crippen LogP) is 3.01. The van der Waals surface area contributed by atoms with Crippen LogP contribution in [0.5, 0.6) is 11.6 Å². The zero-order chi connectivity index (χ0) is 13.3. The molecule has 2 aromatic rings. The minimum absolute atomic E-state index is 0.485. The second kappa shape index (κ2) is 4.53. The van der Waals surface area contributed by atoms with Crippen LogP contribution >= 0.6 is 0 Å². The van der Waals surface area contributed by atoms with Gasteiger partial charge in [0.2, 0.25) is 5.88 Å². The number of hydrogen-bond donors (Lipinski definition) is 0. The van der Waals surface area contributed by atoms with Crippen molar-refractivity contribution < 1.29 is 4.74 Å². The molecule has 1 heterocycles. The van der Waals surface area contributed by atoms with E-state index in [9.17, 15) is 0 Å². The third kappa shape index (κ3) is 2.07. The van der Waals surface area contributed by atoms with Gasteiger partial charge in [0.15, 0.2) is 0 Å². The number of benzene rings is 1. The van der Waals surface area contributed by atoms with Crippen LogP contribution in [0.2, 0.25) is 0 Å². The van der Waals surface area contributed by atoms with Crippen LogP contribution in [0, 0.1) is 32.1 Å². The second-order valence-electron chi connectivity index (χ2n) is 4.37. The van der Waals surface area contributed by atoms with E-state index in [0.717, 1.165) is 16.9 Å². The molecule has 0 saturated carbocycles. The van der Waals surface area contributed by atoms with E-state index in [0.29, 0.717) is 17.1 Å². The fraction of sp³-hybridized carbons (Fsp3) is 0.286. The van der Waals surface area contributed by atoms with Gasteiger partial charge in [0.1, 0.15) is 17.4 Å². The predicted molar refractivity (Wildman–Crippen MR) is 68.7 cm³/mol. The van der Waals surface area contributed by atoms with Crippen molar-refractivity contribution in [1.82, 2.24) is 9.78 Å². The fourth-order valence-corrected chi connectivity index (χ4v) is 1.80. The summed E-state index contributed by atoms with van der Waals surface area (Å²) in [5.41, 5.74) is 3.31.